The molecule has 0 aliphatic heterocycles. The van der Waals surface area contributed by atoms with Crippen molar-refractivity contribution in [2.45, 2.75) is 20.8 Å². The lowest BCUT2D eigenvalue weighted by molar-refractivity contribution is 0.524. The molecule has 0 aliphatic rings. The highest BCUT2D eigenvalue weighted by Crippen LogP contribution is 1.84. The number of rotatable bonds is 1. The molecule has 1 heterocycles. The standard InChI is InChI=1S/C8H9NO.C2H6/c1-6(2)4-8-7(3)9-5-10-8;1-2/h4-5H,1,3H2,2H3;1-2H3/b8-4+;. The summed E-state index contributed by atoms with van der Waals surface area (Å²) in [5.74, 6) is 0. The van der Waals surface area contributed by atoms with Gasteiger partial charge in [0.1, 0.15) is 5.35 Å². The molecule has 0 saturated carbocycles. The van der Waals surface area contributed by atoms with Gasteiger partial charge in [-0.1, -0.05) is 32.6 Å². The van der Waals surface area contributed by atoms with E-state index in [1.54, 1.807) is 6.08 Å². The number of hydrogen-bond donors (Lipinski definition) is 0. The summed E-state index contributed by atoms with van der Waals surface area (Å²) < 4.78 is 4.99. The second kappa shape index (κ2) is 5.35. The largest absolute Gasteiger partial charge is 0.443 e. The Balaban J connectivity index is 0.000000561. The third-order valence-corrected chi connectivity index (χ3v) is 1.05. The molecule has 1 aromatic heterocycles. The van der Waals surface area contributed by atoms with Gasteiger partial charge in [0.2, 0.25) is 0 Å². The predicted molar refractivity (Wildman–Crippen MR) is 51.9 cm³/mol. The maximum Gasteiger partial charge on any atom is 0.181 e. The highest BCUT2D eigenvalue weighted by molar-refractivity contribution is 5.40. The smallest absolute Gasteiger partial charge is 0.181 e. The second-order valence-electron chi connectivity index (χ2n) is 2.15. The minimum atomic E-state index is 0.656. The van der Waals surface area contributed by atoms with Gasteiger partial charge in [-0.15, -0.1) is 0 Å². The minimum absolute atomic E-state index is 0.656. The molecule has 1 aromatic rings. The van der Waals surface area contributed by atoms with Crippen LogP contribution in [0.2, 0.25) is 0 Å². The number of nitrogens with zero attached hydrogens (tertiary/aromatic N) is 1. The van der Waals surface area contributed by atoms with E-state index in [0.29, 0.717) is 10.8 Å². The first-order valence-corrected chi connectivity index (χ1v) is 3.96. The Morgan fingerprint density at radius 1 is 1.58 bits per heavy atom. The molecule has 2 heteroatoms. The van der Waals surface area contributed by atoms with Crippen molar-refractivity contribution >= 4 is 12.7 Å². The van der Waals surface area contributed by atoms with Crippen molar-refractivity contribution in [1.29, 1.82) is 0 Å². The zero-order valence-electron chi connectivity index (χ0n) is 7.92. The fraction of sp³-hybridized carbons (Fsp3) is 0.300. The summed E-state index contributed by atoms with van der Waals surface area (Å²) in [5.41, 5.74) is 1.62. The van der Waals surface area contributed by atoms with Gasteiger partial charge in [-0.2, -0.15) is 0 Å². The van der Waals surface area contributed by atoms with E-state index in [4.69, 9.17) is 4.42 Å². The molecule has 2 nitrogen and oxygen atoms in total. The van der Waals surface area contributed by atoms with E-state index < -0.39 is 0 Å². The molecule has 0 aliphatic carbocycles. The van der Waals surface area contributed by atoms with Crippen LogP contribution < -0.4 is 10.8 Å². The van der Waals surface area contributed by atoms with Gasteiger partial charge in [-0.05, 0) is 13.0 Å². The topological polar surface area (TPSA) is 26.0 Å². The van der Waals surface area contributed by atoms with E-state index in [2.05, 4.69) is 18.1 Å². The van der Waals surface area contributed by atoms with Gasteiger partial charge in [0, 0.05) is 0 Å². The van der Waals surface area contributed by atoms with Crippen molar-refractivity contribution in [2.75, 3.05) is 0 Å². The number of oxazole rings is 1. The lowest BCUT2D eigenvalue weighted by Crippen LogP contribution is -2.19. The Kier molecular flexibility index (Phi) is 4.77. The van der Waals surface area contributed by atoms with Crippen LogP contribution in [0.4, 0.5) is 0 Å². The van der Waals surface area contributed by atoms with Crippen LogP contribution in [0.1, 0.15) is 20.8 Å². The highest BCUT2D eigenvalue weighted by Gasteiger charge is 1.84. The molecule has 0 unspecified atom stereocenters. The summed E-state index contributed by atoms with van der Waals surface area (Å²) in [7, 11) is 0. The summed E-state index contributed by atoms with van der Waals surface area (Å²) in [4.78, 5) is 3.82. The third kappa shape index (κ3) is 3.19. The van der Waals surface area contributed by atoms with Crippen LogP contribution in [0.5, 0.6) is 0 Å². The molecular weight excluding hydrogens is 150 g/mol. The molecule has 1 rings (SSSR count). The SMILES string of the molecule is C=C(C)/C=c1/ocnc1=C.CC. The van der Waals surface area contributed by atoms with Crippen molar-refractivity contribution in [1.82, 2.24) is 4.98 Å². The Labute approximate surface area is 72.9 Å². The molecule has 12 heavy (non-hydrogen) atoms. The lowest BCUT2D eigenvalue weighted by Gasteiger charge is -1.78. The van der Waals surface area contributed by atoms with E-state index in [1.165, 1.54) is 6.39 Å². The molecule has 0 spiro atoms. The molecule has 0 saturated heterocycles. The quantitative estimate of drug-likeness (QED) is 0.629. The fourth-order valence-corrected chi connectivity index (χ4v) is 0.620. The monoisotopic (exact) mass is 165 g/mol. The first-order valence-electron chi connectivity index (χ1n) is 3.96. The molecule has 0 aromatic carbocycles. The average molecular weight is 165 g/mol. The van der Waals surface area contributed by atoms with Gasteiger partial charge in [0.05, 0.1) is 0 Å². The van der Waals surface area contributed by atoms with Gasteiger partial charge in [-0.3, -0.25) is 0 Å². The first-order chi connectivity index (χ1) is 5.70. The molecule has 0 atom stereocenters. The van der Waals surface area contributed by atoms with Gasteiger partial charge in [-0.25, -0.2) is 4.98 Å². The molecule has 0 N–H and O–H groups in total. The summed E-state index contributed by atoms with van der Waals surface area (Å²) in [6.45, 7) is 13.2. The highest BCUT2D eigenvalue weighted by atomic mass is 16.3. The Bertz CT molecular complexity index is 335. The van der Waals surface area contributed by atoms with Crippen LogP contribution in [-0.4, -0.2) is 4.98 Å². The van der Waals surface area contributed by atoms with Gasteiger partial charge < -0.3 is 4.42 Å². The normalized spacial score (nSPS) is 10.4. The zero-order chi connectivity index (χ0) is 9.56. The van der Waals surface area contributed by atoms with Crippen LogP contribution in [-0.2, 0) is 0 Å². The van der Waals surface area contributed by atoms with Crippen molar-refractivity contribution in [2.24, 2.45) is 0 Å². The maximum absolute atomic E-state index is 4.99. The van der Waals surface area contributed by atoms with Crippen LogP contribution >= 0.6 is 0 Å². The van der Waals surface area contributed by atoms with E-state index in [1.807, 2.05) is 20.8 Å². The fourth-order valence-electron chi connectivity index (χ4n) is 0.620. The average Bonchev–Trinajstić information content (AvgIpc) is 2.40. The Morgan fingerprint density at radius 3 is 2.50 bits per heavy atom. The number of aromatic nitrogens is 1. The van der Waals surface area contributed by atoms with Crippen molar-refractivity contribution < 1.29 is 4.42 Å². The number of allylic oxidation sites excluding steroid dienone is 1. The maximum atomic E-state index is 4.99. The van der Waals surface area contributed by atoms with E-state index >= 15 is 0 Å². The second-order valence-corrected chi connectivity index (χ2v) is 2.15. The molecular formula is C10H15NO. The Morgan fingerprint density at radius 2 is 2.17 bits per heavy atom. The van der Waals surface area contributed by atoms with E-state index in [0.717, 1.165) is 5.57 Å². The van der Waals surface area contributed by atoms with Gasteiger partial charge >= 0.3 is 0 Å². The predicted octanol–water partition coefficient (Wildman–Crippen LogP) is 1.47. The van der Waals surface area contributed by atoms with E-state index in [-0.39, 0.29) is 0 Å². The summed E-state index contributed by atoms with van der Waals surface area (Å²) >= 11 is 0. The third-order valence-electron chi connectivity index (χ3n) is 1.05. The molecule has 0 amide bonds. The lowest BCUT2D eigenvalue weighted by atomic mass is 10.3. The van der Waals surface area contributed by atoms with Crippen LogP contribution in [0.25, 0.3) is 12.7 Å². The van der Waals surface area contributed by atoms with E-state index in [9.17, 15) is 0 Å². The van der Waals surface area contributed by atoms with Crippen LogP contribution in [0, 0.1) is 0 Å². The first kappa shape index (κ1) is 10.7. The van der Waals surface area contributed by atoms with Crippen molar-refractivity contribution in [3.63, 3.8) is 0 Å². The summed E-state index contributed by atoms with van der Waals surface area (Å²) in [6, 6.07) is 0. The summed E-state index contributed by atoms with van der Waals surface area (Å²) in [6.07, 6.45) is 3.17. The van der Waals surface area contributed by atoms with Crippen molar-refractivity contribution in [3.8, 4) is 0 Å². The van der Waals surface area contributed by atoms with Crippen molar-refractivity contribution in [3.05, 3.63) is 29.3 Å². The minimum Gasteiger partial charge on any atom is -0.443 e. The van der Waals surface area contributed by atoms with Gasteiger partial charge in [0.15, 0.2) is 11.8 Å². The van der Waals surface area contributed by atoms with Crippen LogP contribution in [0.3, 0.4) is 0 Å². The molecule has 0 bridgehead atoms. The van der Waals surface area contributed by atoms with Crippen LogP contribution in [0.15, 0.2) is 23.0 Å². The molecule has 66 valence electrons. The molecule has 0 radical (unpaired) electrons. The zero-order valence-corrected chi connectivity index (χ0v) is 7.92. The summed E-state index contributed by atoms with van der Waals surface area (Å²) in [5, 5.41) is 0.656. The Hall–Kier alpha value is -1.31. The number of hydrogen-bond acceptors (Lipinski definition) is 2. The van der Waals surface area contributed by atoms with Gasteiger partial charge in [0.25, 0.3) is 0 Å². The molecule has 0 fully saturated rings.